The molecule has 3 atom stereocenters. The van der Waals surface area contributed by atoms with Gasteiger partial charge in [0.2, 0.25) is 11.8 Å². The van der Waals surface area contributed by atoms with E-state index in [1.54, 1.807) is 18.1 Å². The van der Waals surface area contributed by atoms with Crippen molar-refractivity contribution in [2.75, 3.05) is 13.6 Å². The largest absolute Gasteiger partial charge is 0.391 e. The van der Waals surface area contributed by atoms with E-state index in [9.17, 15) is 19.5 Å². The minimum atomic E-state index is -0.917. The number of carbonyl (C=O) groups is 3. The lowest BCUT2D eigenvalue weighted by Crippen LogP contribution is -2.54. The van der Waals surface area contributed by atoms with E-state index < -0.39 is 24.1 Å². The number of likely N-dealkylation sites (N-methyl/N-ethyl adjacent to an activating group) is 1. The van der Waals surface area contributed by atoms with Gasteiger partial charge in [-0.25, -0.2) is 0 Å². The predicted molar refractivity (Wildman–Crippen MR) is 165 cm³/mol. The average Bonchev–Trinajstić information content (AvgIpc) is 3.72. The molecule has 2 aromatic heterocycles. The van der Waals surface area contributed by atoms with Gasteiger partial charge in [0.1, 0.15) is 12.1 Å². The van der Waals surface area contributed by atoms with Gasteiger partial charge in [0, 0.05) is 74.2 Å². The van der Waals surface area contributed by atoms with Crippen LogP contribution in [-0.2, 0) is 29.6 Å². The monoisotopic (exact) mass is 577 g/mol. The highest BCUT2D eigenvalue weighted by Crippen LogP contribution is 2.27. The highest BCUT2D eigenvalue weighted by molar-refractivity contribution is 6.08. The summed E-state index contributed by atoms with van der Waals surface area (Å²) in [6.07, 6.45) is 3.13. The van der Waals surface area contributed by atoms with Crippen molar-refractivity contribution >= 4 is 39.5 Å². The van der Waals surface area contributed by atoms with Crippen LogP contribution >= 0.6 is 0 Å². The average molecular weight is 578 g/mol. The number of carbonyl (C=O) groups excluding carboxylic acids is 3. The Morgan fingerprint density at radius 1 is 1.00 bits per heavy atom. The number of rotatable bonds is 8. The smallest absolute Gasteiger partial charge is 0.256 e. The number of hydrogen-bond acceptors (Lipinski definition) is 4. The van der Waals surface area contributed by atoms with E-state index in [-0.39, 0.29) is 31.2 Å². The molecule has 1 aliphatic rings. The van der Waals surface area contributed by atoms with Crippen LogP contribution in [0.25, 0.3) is 21.8 Å². The Morgan fingerprint density at radius 2 is 1.70 bits per heavy atom. The third kappa shape index (κ3) is 5.63. The summed E-state index contributed by atoms with van der Waals surface area (Å²) in [5, 5.41) is 15.3. The molecule has 5 aromatic rings. The summed E-state index contributed by atoms with van der Waals surface area (Å²) < 4.78 is 1.88. The molecule has 9 nitrogen and oxygen atoms in total. The quantitative estimate of drug-likeness (QED) is 0.262. The molecule has 3 N–H and O–H groups in total. The number of aliphatic hydroxyl groups is 1. The van der Waals surface area contributed by atoms with Crippen molar-refractivity contribution in [3.05, 3.63) is 108 Å². The van der Waals surface area contributed by atoms with Crippen LogP contribution in [0.3, 0.4) is 0 Å². The first-order valence-electron chi connectivity index (χ1n) is 14.5. The third-order valence-corrected chi connectivity index (χ3v) is 8.32. The molecule has 6 rings (SSSR count). The molecule has 0 radical (unpaired) electrons. The zero-order valence-corrected chi connectivity index (χ0v) is 24.2. The highest BCUT2D eigenvalue weighted by atomic mass is 16.3. The fourth-order valence-corrected chi connectivity index (χ4v) is 6.14. The Labute approximate surface area is 249 Å². The second-order valence-electron chi connectivity index (χ2n) is 11.3. The van der Waals surface area contributed by atoms with E-state index in [2.05, 4.69) is 10.3 Å². The second kappa shape index (κ2) is 11.8. The number of likely N-dealkylation sites (tertiary alicyclic amines) is 1. The molecule has 0 spiro atoms. The van der Waals surface area contributed by atoms with Crippen LogP contribution in [-0.4, -0.2) is 74.0 Å². The summed E-state index contributed by atoms with van der Waals surface area (Å²) in [5.41, 5.74) is 4.19. The number of aromatic amines is 1. The van der Waals surface area contributed by atoms with Crippen LogP contribution < -0.4 is 5.32 Å². The molecular formula is C34H35N5O4. The second-order valence-corrected chi connectivity index (χ2v) is 11.3. The van der Waals surface area contributed by atoms with Crippen molar-refractivity contribution in [1.82, 2.24) is 24.7 Å². The Kier molecular flexibility index (Phi) is 7.73. The van der Waals surface area contributed by atoms with E-state index >= 15 is 0 Å². The van der Waals surface area contributed by atoms with Crippen molar-refractivity contribution in [2.45, 2.75) is 37.6 Å². The molecule has 0 unspecified atom stereocenters. The number of aliphatic hydroxyl groups excluding tert-OH is 1. The van der Waals surface area contributed by atoms with E-state index in [4.69, 9.17) is 0 Å². The zero-order valence-electron chi connectivity index (χ0n) is 24.2. The maximum absolute atomic E-state index is 13.9. The van der Waals surface area contributed by atoms with Gasteiger partial charge >= 0.3 is 0 Å². The van der Waals surface area contributed by atoms with Gasteiger partial charge in [0.25, 0.3) is 5.91 Å². The number of para-hydroxylation sites is 2. The lowest BCUT2D eigenvalue weighted by atomic mass is 10.0. The number of hydrogen-bond donors (Lipinski definition) is 3. The first-order chi connectivity index (χ1) is 20.8. The van der Waals surface area contributed by atoms with Gasteiger partial charge in [0.05, 0.1) is 11.7 Å². The molecule has 1 saturated heterocycles. The molecular weight excluding hydrogens is 542 g/mol. The lowest BCUT2D eigenvalue weighted by Gasteiger charge is -2.28. The van der Waals surface area contributed by atoms with Gasteiger partial charge in [-0.1, -0.05) is 66.7 Å². The van der Waals surface area contributed by atoms with Gasteiger partial charge in [0.15, 0.2) is 0 Å². The SMILES string of the molecule is CN(Cc1ccccc1)C(=O)[C@H](Cc1c[nH]c2ccccc12)NC(=O)[C@@H]1C[C@@H](O)CN1C(=O)c1cn(C)c2ccccc12. The first kappa shape index (κ1) is 28.2. The van der Waals surface area contributed by atoms with E-state index in [1.165, 1.54) is 4.90 Å². The number of fused-ring (bicyclic) bond motifs is 2. The van der Waals surface area contributed by atoms with Crippen molar-refractivity contribution in [2.24, 2.45) is 7.05 Å². The van der Waals surface area contributed by atoms with Crippen molar-refractivity contribution in [3.8, 4) is 0 Å². The summed E-state index contributed by atoms with van der Waals surface area (Å²) in [6, 6.07) is 23.3. The molecule has 0 bridgehead atoms. The summed E-state index contributed by atoms with van der Waals surface area (Å²) >= 11 is 0. The summed E-state index contributed by atoms with van der Waals surface area (Å²) in [7, 11) is 3.59. The van der Waals surface area contributed by atoms with Gasteiger partial charge in [-0.15, -0.1) is 0 Å². The van der Waals surface area contributed by atoms with E-state index in [0.717, 1.165) is 32.9 Å². The molecule has 9 heteroatoms. The minimum absolute atomic E-state index is 0.0368. The molecule has 3 heterocycles. The maximum Gasteiger partial charge on any atom is 0.256 e. The van der Waals surface area contributed by atoms with Crippen LogP contribution in [0, 0.1) is 0 Å². The number of benzene rings is 3. The van der Waals surface area contributed by atoms with Crippen molar-refractivity contribution in [3.63, 3.8) is 0 Å². The predicted octanol–water partition coefficient (Wildman–Crippen LogP) is 3.62. The van der Waals surface area contributed by atoms with Crippen LogP contribution in [0.4, 0.5) is 0 Å². The summed E-state index contributed by atoms with van der Waals surface area (Å²) in [4.78, 5) is 47.9. The van der Waals surface area contributed by atoms with Crippen molar-refractivity contribution < 1.29 is 19.5 Å². The van der Waals surface area contributed by atoms with Gasteiger partial charge in [-0.2, -0.15) is 0 Å². The normalized spacial score (nSPS) is 17.3. The molecule has 3 aromatic carbocycles. The zero-order chi connectivity index (χ0) is 30.1. The Hall–Kier alpha value is -4.89. The Balaban J connectivity index is 1.27. The number of nitrogens with zero attached hydrogens (tertiary/aromatic N) is 3. The molecule has 1 fully saturated rings. The topological polar surface area (TPSA) is 111 Å². The number of H-pyrrole nitrogens is 1. The number of β-amino-alcohol motifs (C(OH)–C–C–N with tert-alkyl or cyclic N) is 1. The summed E-state index contributed by atoms with van der Waals surface area (Å²) in [5.74, 6) is -1.03. The number of amides is 3. The maximum atomic E-state index is 13.9. The molecule has 220 valence electrons. The highest BCUT2D eigenvalue weighted by Gasteiger charge is 2.41. The number of aromatic nitrogens is 2. The Morgan fingerprint density at radius 3 is 2.49 bits per heavy atom. The molecule has 1 aliphatic heterocycles. The van der Waals surface area contributed by atoms with Crippen LogP contribution in [0.5, 0.6) is 0 Å². The van der Waals surface area contributed by atoms with E-state index in [0.29, 0.717) is 12.1 Å². The molecule has 43 heavy (non-hydrogen) atoms. The fraction of sp³-hybridized carbons (Fsp3) is 0.265. The summed E-state index contributed by atoms with van der Waals surface area (Å²) in [6.45, 7) is 0.420. The first-order valence-corrected chi connectivity index (χ1v) is 14.5. The lowest BCUT2D eigenvalue weighted by molar-refractivity contribution is -0.136. The minimum Gasteiger partial charge on any atom is -0.391 e. The number of aryl methyl sites for hydroxylation is 1. The third-order valence-electron chi connectivity index (χ3n) is 8.32. The standard InChI is InChI=1S/C34H35N5O4/c1-37-21-27(26-13-7-9-15-30(26)37)33(42)39-20-24(40)17-31(39)32(41)36-29(16-23-18-35-28-14-8-6-12-25(23)28)34(43)38(2)19-22-10-4-3-5-11-22/h3-15,18,21,24,29,31,35,40H,16-17,19-20H2,1-2H3,(H,36,41)/t24-,29+,31+/m1/s1. The van der Waals surface area contributed by atoms with E-state index in [1.807, 2.05) is 96.7 Å². The Bertz CT molecular complexity index is 1790. The van der Waals surface area contributed by atoms with Gasteiger partial charge in [-0.05, 0) is 23.3 Å². The van der Waals surface area contributed by atoms with Crippen LogP contribution in [0.15, 0.2) is 91.3 Å². The van der Waals surface area contributed by atoms with Crippen molar-refractivity contribution in [1.29, 1.82) is 0 Å². The molecule has 3 amide bonds. The molecule has 0 aliphatic carbocycles. The fourth-order valence-electron chi connectivity index (χ4n) is 6.14. The van der Waals surface area contributed by atoms with Gasteiger partial charge < -0.3 is 29.8 Å². The molecule has 0 saturated carbocycles. The number of nitrogens with one attached hydrogen (secondary N) is 2. The van der Waals surface area contributed by atoms with Gasteiger partial charge in [-0.3, -0.25) is 14.4 Å². The van der Waals surface area contributed by atoms with Crippen LogP contribution in [0.1, 0.15) is 27.9 Å². The van der Waals surface area contributed by atoms with Crippen LogP contribution in [0.2, 0.25) is 0 Å².